The molecule has 1 heteroatoms. The van der Waals surface area contributed by atoms with Crippen molar-refractivity contribution in [2.24, 2.45) is 0 Å². The Morgan fingerprint density at radius 2 is 1.80 bits per heavy atom. The molecule has 1 heterocycles. The average Bonchev–Trinajstić information content (AvgIpc) is 2.11. The standard InChI is InChI=1S/C9H14O/c1-7-5-6-8(10-7)9(2,3)4/h5-6H,1-4H3. The maximum Gasteiger partial charge on any atom is 0.109 e. The van der Waals surface area contributed by atoms with Crippen LogP contribution in [0.15, 0.2) is 16.5 Å². The molecule has 0 atom stereocenters. The Labute approximate surface area is 62.1 Å². The molecule has 0 aliphatic rings. The summed E-state index contributed by atoms with van der Waals surface area (Å²) in [6.45, 7) is 8.40. The van der Waals surface area contributed by atoms with E-state index in [0.717, 1.165) is 11.5 Å². The molecule has 0 aliphatic carbocycles. The highest BCUT2D eigenvalue weighted by Crippen LogP contribution is 2.23. The van der Waals surface area contributed by atoms with Crippen molar-refractivity contribution in [3.05, 3.63) is 23.7 Å². The van der Waals surface area contributed by atoms with Crippen molar-refractivity contribution >= 4 is 0 Å². The summed E-state index contributed by atoms with van der Waals surface area (Å²) in [5.41, 5.74) is 0.147. The number of hydrogen-bond acceptors (Lipinski definition) is 1. The number of furan rings is 1. The van der Waals surface area contributed by atoms with Crippen LogP contribution in [0.1, 0.15) is 32.3 Å². The van der Waals surface area contributed by atoms with Crippen LogP contribution in [0.3, 0.4) is 0 Å². The zero-order valence-corrected chi connectivity index (χ0v) is 7.06. The molecule has 0 aromatic carbocycles. The highest BCUT2D eigenvalue weighted by atomic mass is 16.3. The topological polar surface area (TPSA) is 13.1 Å². The minimum absolute atomic E-state index is 0.147. The molecule has 0 amide bonds. The highest BCUT2D eigenvalue weighted by molar-refractivity contribution is 5.12. The third kappa shape index (κ3) is 1.41. The van der Waals surface area contributed by atoms with Gasteiger partial charge in [-0.1, -0.05) is 20.8 Å². The van der Waals surface area contributed by atoms with Gasteiger partial charge >= 0.3 is 0 Å². The number of aryl methyl sites for hydroxylation is 1. The Hall–Kier alpha value is -0.720. The Morgan fingerprint density at radius 3 is 2.00 bits per heavy atom. The molecule has 0 fully saturated rings. The van der Waals surface area contributed by atoms with Gasteiger partial charge in [-0.3, -0.25) is 0 Å². The maximum absolute atomic E-state index is 5.45. The van der Waals surface area contributed by atoms with Gasteiger partial charge in [0.2, 0.25) is 0 Å². The molecule has 1 rings (SSSR count). The molecule has 0 unspecified atom stereocenters. The molecule has 56 valence electrons. The predicted molar refractivity (Wildman–Crippen MR) is 42.1 cm³/mol. The van der Waals surface area contributed by atoms with Crippen molar-refractivity contribution in [1.82, 2.24) is 0 Å². The molecule has 0 radical (unpaired) electrons. The summed E-state index contributed by atoms with van der Waals surface area (Å²) in [5.74, 6) is 2.05. The fourth-order valence-electron chi connectivity index (χ4n) is 0.838. The summed E-state index contributed by atoms with van der Waals surface area (Å²) >= 11 is 0. The van der Waals surface area contributed by atoms with E-state index < -0.39 is 0 Å². The van der Waals surface area contributed by atoms with Crippen molar-refractivity contribution in [3.63, 3.8) is 0 Å². The summed E-state index contributed by atoms with van der Waals surface area (Å²) in [5, 5.41) is 0. The first kappa shape index (κ1) is 7.39. The smallest absolute Gasteiger partial charge is 0.109 e. The molecule has 10 heavy (non-hydrogen) atoms. The first-order chi connectivity index (χ1) is 4.50. The zero-order valence-electron chi connectivity index (χ0n) is 7.06. The molecule has 0 bridgehead atoms. The van der Waals surface area contributed by atoms with Gasteiger partial charge in [0.15, 0.2) is 0 Å². The molecule has 1 aromatic rings. The Kier molecular flexibility index (Phi) is 1.59. The van der Waals surface area contributed by atoms with Crippen molar-refractivity contribution in [3.8, 4) is 0 Å². The third-order valence-electron chi connectivity index (χ3n) is 1.48. The second-order valence-electron chi connectivity index (χ2n) is 3.66. The maximum atomic E-state index is 5.45. The van der Waals surface area contributed by atoms with Crippen LogP contribution in [-0.2, 0) is 5.41 Å². The average molecular weight is 138 g/mol. The summed E-state index contributed by atoms with van der Waals surface area (Å²) < 4.78 is 5.45. The summed E-state index contributed by atoms with van der Waals surface area (Å²) in [7, 11) is 0. The molecule has 1 nitrogen and oxygen atoms in total. The predicted octanol–water partition coefficient (Wildman–Crippen LogP) is 2.89. The van der Waals surface area contributed by atoms with Crippen LogP contribution in [0.4, 0.5) is 0 Å². The molecule has 0 spiro atoms. The summed E-state index contributed by atoms with van der Waals surface area (Å²) in [6, 6.07) is 4.04. The van der Waals surface area contributed by atoms with E-state index in [9.17, 15) is 0 Å². The molecular weight excluding hydrogens is 124 g/mol. The molecule has 0 saturated heterocycles. The van der Waals surface area contributed by atoms with E-state index in [2.05, 4.69) is 20.8 Å². The van der Waals surface area contributed by atoms with E-state index in [-0.39, 0.29) is 5.41 Å². The lowest BCUT2D eigenvalue weighted by Crippen LogP contribution is -2.08. The monoisotopic (exact) mass is 138 g/mol. The van der Waals surface area contributed by atoms with Gasteiger partial charge < -0.3 is 4.42 Å². The van der Waals surface area contributed by atoms with E-state index in [1.54, 1.807) is 0 Å². The Balaban J connectivity index is 2.96. The second-order valence-corrected chi connectivity index (χ2v) is 3.66. The Morgan fingerprint density at radius 1 is 1.20 bits per heavy atom. The SMILES string of the molecule is Cc1ccc(C(C)(C)C)o1. The number of hydrogen-bond donors (Lipinski definition) is 0. The summed E-state index contributed by atoms with van der Waals surface area (Å²) in [4.78, 5) is 0. The lowest BCUT2D eigenvalue weighted by Gasteiger charge is -2.13. The van der Waals surface area contributed by atoms with Crippen LogP contribution in [0.2, 0.25) is 0 Å². The van der Waals surface area contributed by atoms with Gasteiger partial charge in [0.25, 0.3) is 0 Å². The zero-order chi connectivity index (χ0) is 7.78. The van der Waals surface area contributed by atoms with Crippen LogP contribution in [0.5, 0.6) is 0 Å². The van der Waals surface area contributed by atoms with E-state index in [1.165, 1.54) is 0 Å². The van der Waals surface area contributed by atoms with Crippen LogP contribution >= 0.6 is 0 Å². The normalized spacial score (nSPS) is 12.0. The second kappa shape index (κ2) is 2.15. The van der Waals surface area contributed by atoms with E-state index in [0.29, 0.717) is 0 Å². The van der Waals surface area contributed by atoms with Crippen LogP contribution in [-0.4, -0.2) is 0 Å². The lowest BCUT2D eigenvalue weighted by molar-refractivity contribution is 0.395. The van der Waals surface area contributed by atoms with Gasteiger partial charge in [0.05, 0.1) is 0 Å². The molecule has 0 saturated carbocycles. The van der Waals surface area contributed by atoms with Gasteiger partial charge in [0, 0.05) is 5.41 Å². The molecule has 1 aromatic heterocycles. The van der Waals surface area contributed by atoms with Gasteiger partial charge in [-0.15, -0.1) is 0 Å². The van der Waals surface area contributed by atoms with Crippen LogP contribution in [0.25, 0.3) is 0 Å². The summed E-state index contributed by atoms with van der Waals surface area (Å²) in [6.07, 6.45) is 0. The van der Waals surface area contributed by atoms with E-state index >= 15 is 0 Å². The minimum Gasteiger partial charge on any atom is -0.466 e. The van der Waals surface area contributed by atoms with Crippen molar-refractivity contribution < 1.29 is 4.42 Å². The third-order valence-corrected chi connectivity index (χ3v) is 1.48. The quantitative estimate of drug-likeness (QED) is 0.537. The van der Waals surface area contributed by atoms with Crippen LogP contribution in [0, 0.1) is 6.92 Å². The van der Waals surface area contributed by atoms with Gasteiger partial charge in [-0.25, -0.2) is 0 Å². The minimum atomic E-state index is 0.147. The van der Waals surface area contributed by atoms with Crippen molar-refractivity contribution in [1.29, 1.82) is 0 Å². The van der Waals surface area contributed by atoms with Gasteiger partial charge in [-0.2, -0.15) is 0 Å². The largest absolute Gasteiger partial charge is 0.466 e. The molecule has 0 N–H and O–H groups in total. The first-order valence-corrected chi connectivity index (χ1v) is 3.57. The fraction of sp³-hybridized carbons (Fsp3) is 0.556. The first-order valence-electron chi connectivity index (χ1n) is 3.57. The molecule has 0 aliphatic heterocycles. The number of rotatable bonds is 0. The Bertz CT molecular complexity index is 215. The van der Waals surface area contributed by atoms with E-state index in [4.69, 9.17) is 4.42 Å². The van der Waals surface area contributed by atoms with Gasteiger partial charge in [-0.05, 0) is 19.1 Å². The molecular formula is C9H14O. The van der Waals surface area contributed by atoms with Gasteiger partial charge in [0.1, 0.15) is 11.5 Å². The van der Waals surface area contributed by atoms with Crippen molar-refractivity contribution in [2.75, 3.05) is 0 Å². The van der Waals surface area contributed by atoms with Crippen molar-refractivity contribution in [2.45, 2.75) is 33.1 Å². The lowest BCUT2D eigenvalue weighted by atomic mass is 9.94. The van der Waals surface area contributed by atoms with E-state index in [1.807, 2.05) is 19.1 Å². The fourth-order valence-corrected chi connectivity index (χ4v) is 0.838. The van der Waals surface area contributed by atoms with Crippen LogP contribution < -0.4 is 0 Å². The highest BCUT2D eigenvalue weighted by Gasteiger charge is 2.16.